The minimum Gasteiger partial charge on any atom is -0.504 e. The predicted molar refractivity (Wildman–Crippen MR) is 119 cm³/mol. The molecule has 3 aliphatic carbocycles. The van der Waals surface area contributed by atoms with E-state index in [2.05, 4.69) is 15.2 Å². The lowest BCUT2D eigenvalue weighted by molar-refractivity contribution is -0.143. The number of piperidine rings is 1. The zero-order chi connectivity index (χ0) is 22.4. The van der Waals surface area contributed by atoms with Crippen molar-refractivity contribution in [2.45, 2.75) is 61.6 Å². The summed E-state index contributed by atoms with van der Waals surface area (Å²) < 4.78 is 6.28. The van der Waals surface area contributed by atoms with Crippen LogP contribution in [0.1, 0.15) is 53.6 Å². The number of ether oxygens (including phenoxy) is 1. The van der Waals surface area contributed by atoms with Gasteiger partial charge in [-0.3, -0.25) is 19.5 Å². The molecule has 1 aromatic carbocycles. The smallest absolute Gasteiger partial charge is 0.253 e. The topological polar surface area (TPSA) is 91.8 Å². The number of rotatable bonds is 4. The van der Waals surface area contributed by atoms with Gasteiger partial charge in [0.15, 0.2) is 23.4 Å². The van der Waals surface area contributed by atoms with Gasteiger partial charge in [-0.15, -0.1) is 0 Å². The highest BCUT2D eigenvalue weighted by Crippen LogP contribution is 2.65. The van der Waals surface area contributed by atoms with E-state index in [1.54, 1.807) is 30.6 Å². The van der Waals surface area contributed by atoms with Crippen LogP contribution < -0.4 is 10.1 Å². The standard InChI is InChI=1S/C26H27N3O4/c30-18-6-5-16-12-20-26(28-24(32)17-2-1-10-27-13-17)8-7-19(31)23-25(26,21(16)22(18)33-23)9-11-29(20)14-15-3-4-15/h1-2,5-6,10,13,15,20,23,30H,3-4,7-9,11-12,14H2,(H,28,32)/t20?,23-,25-,26+/m0/s1. The molecule has 1 amide bonds. The number of hydrogen-bond acceptors (Lipinski definition) is 6. The van der Waals surface area contributed by atoms with Gasteiger partial charge in [0, 0.05) is 37.0 Å². The highest BCUT2D eigenvalue weighted by molar-refractivity contribution is 5.96. The highest BCUT2D eigenvalue weighted by atomic mass is 16.5. The second-order valence-electron chi connectivity index (χ2n) is 10.5. The Morgan fingerprint density at radius 1 is 1.27 bits per heavy atom. The van der Waals surface area contributed by atoms with Crippen LogP contribution in [0.3, 0.4) is 0 Å². The summed E-state index contributed by atoms with van der Waals surface area (Å²) in [5, 5.41) is 14.2. The quantitative estimate of drug-likeness (QED) is 0.751. The van der Waals surface area contributed by atoms with Crippen molar-refractivity contribution in [3.05, 3.63) is 53.3 Å². The second-order valence-corrected chi connectivity index (χ2v) is 10.5. The van der Waals surface area contributed by atoms with Gasteiger partial charge in [-0.25, -0.2) is 0 Å². The summed E-state index contributed by atoms with van der Waals surface area (Å²) in [4.78, 5) is 33.5. The first-order valence-electron chi connectivity index (χ1n) is 12.0. The molecule has 2 aliphatic heterocycles. The number of carbonyl (C=O) groups excluding carboxylic acids is 2. The number of benzene rings is 1. The summed E-state index contributed by atoms with van der Waals surface area (Å²) in [7, 11) is 0. The van der Waals surface area contributed by atoms with E-state index in [-0.39, 0.29) is 23.5 Å². The van der Waals surface area contributed by atoms with E-state index >= 15 is 0 Å². The number of amides is 1. The molecule has 1 spiro atoms. The molecule has 7 nitrogen and oxygen atoms in total. The first-order valence-corrected chi connectivity index (χ1v) is 12.0. The van der Waals surface area contributed by atoms with E-state index < -0.39 is 17.1 Å². The van der Waals surface area contributed by atoms with Crippen LogP contribution in [0.25, 0.3) is 0 Å². The van der Waals surface area contributed by atoms with Crippen LogP contribution in [0.5, 0.6) is 11.5 Å². The van der Waals surface area contributed by atoms with Crippen LogP contribution in [-0.2, 0) is 16.6 Å². The van der Waals surface area contributed by atoms with Crippen molar-refractivity contribution in [2.24, 2.45) is 5.92 Å². The fourth-order valence-corrected chi connectivity index (χ4v) is 7.33. The Balaban J connectivity index is 1.43. The van der Waals surface area contributed by atoms with E-state index in [0.717, 1.165) is 43.0 Å². The molecule has 5 aliphatic rings. The first-order chi connectivity index (χ1) is 16.0. The summed E-state index contributed by atoms with van der Waals surface area (Å²) >= 11 is 0. The number of carbonyl (C=O) groups is 2. The number of aromatic nitrogens is 1. The summed E-state index contributed by atoms with van der Waals surface area (Å²) in [6, 6.07) is 7.30. The Morgan fingerprint density at radius 2 is 2.15 bits per heavy atom. The molecule has 1 aromatic heterocycles. The number of hydrogen-bond donors (Lipinski definition) is 2. The summed E-state index contributed by atoms with van der Waals surface area (Å²) in [5.41, 5.74) is 1.31. The Kier molecular flexibility index (Phi) is 3.89. The van der Waals surface area contributed by atoms with Gasteiger partial charge < -0.3 is 15.2 Å². The molecule has 7 rings (SSSR count). The van der Waals surface area contributed by atoms with Gasteiger partial charge in [0.05, 0.1) is 16.5 Å². The molecule has 2 aromatic rings. The third kappa shape index (κ3) is 2.46. The van der Waals surface area contributed by atoms with E-state index in [1.165, 1.54) is 12.8 Å². The maximum absolute atomic E-state index is 13.6. The predicted octanol–water partition coefficient (Wildman–Crippen LogP) is 2.36. The van der Waals surface area contributed by atoms with Gasteiger partial charge in [0.2, 0.25) is 0 Å². The molecule has 2 saturated carbocycles. The average Bonchev–Trinajstić information content (AvgIpc) is 3.57. The van der Waals surface area contributed by atoms with Crippen LogP contribution in [0.2, 0.25) is 0 Å². The Labute approximate surface area is 192 Å². The number of ketones is 1. The van der Waals surface area contributed by atoms with Crippen molar-refractivity contribution in [1.29, 1.82) is 0 Å². The van der Waals surface area contributed by atoms with Gasteiger partial charge in [-0.05, 0) is 68.3 Å². The third-order valence-corrected chi connectivity index (χ3v) is 8.87. The molecule has 4 atom stereocenters. The molecule has 33 heavy (non-hydrogen) atoms. The molecule has 0 radical (unpaired) electrons. The number of Topliss-reactive ketones (excluding diaryl/α,β-unsaturated/α-hetero) is 1. The van der Waals surface area contributed by atoms with E-state index in [9.17, 15) is 14.7 Å². The fourth-order valence-electron chi connectivity index (χ4n) is 7.33. The zero-order valence-electron chi connectivity index (χ0n) is 18.4. The first kappa shape index (κ1) is 19.5. The molecule has 170 valence electrons. The minimum absolute atomic E-state index is 0.0686. The van der Waals surface area contributed by atoms with Gasteiger partial charge in [-0.2, -0.15) is 0 Å². The van der Waals surface area contributed by atoms with Crippen LogP contribution in [0.15, 0.2) is 36.7 Å². The molecule has 7 heteroatoms. The van der Waals surface area contributed by atoms with Crippen LogP contribution in [0.4, 0.5) is 0 Å². The maximum Gasteiger partial charge on any atom is 0.253 e. The Morgan fingerprint density at radius 3 is 2.94 bits per heavy atom. The summed E-state index contributed by atoms with van der Waals surface area (Å²) in [5.74, 6) is 1.16. The molecule has 1 saturated heterocycles. The van der Waals surface area contributed by atoms with E-state index in [1.807, 2.05) is 6.07 Å². The number of nitrogens with zero attached hydrogens (tertiary/aromatic N) is 2. The van der Waals surface area contributed by atoms with Crippen LogP contribution in [0, 0.1) is 5.92 Å². The average molecular weight is 446 g/mol. The van der Waals surface area contributed by atoms with Gasteiger partial charge in [0.1, 0.15) is 0 Å². The van der Waals surface area contributed by atoms with Crippen molar-refractivity contribution in [3.8, 4) is 11.5 Å². The van der Waals surface area contributed by atoms with Crippen LogP contribution in [-0.4, -0.2) is 57.5 Å². The number of phenols is 1. The molecule has 1 unspecified atom stereocenters. The van der Waals surface area contributed by atoms with E-state index in [4.69, 9.17) is 4.74 Å². The minimum atomic E-state index is -0.673. The van der Waals surface area contributed by atoms with Gasteiger partial charge in [0.25, 0.3) is 5.91 Å². The molecular formula is C26H27N3O4. The van der Waals surface area contributed by atoms with Crippen molar-refractivity contribution >= 4 is 11.7 Å². The Hall–Kier alpha value is -2.93. The summed E-state index contributed by atoms with van der Waals surface area (Å²) in [6.07, 6.45) is 7.55. The number of likely N-dealkylation sites (tertiary alicyclic amines) is 1. The largest absolute Gasteiger partial charge is 0.504 e. The molecule has 3 fully saturated rings. The lowest BCUT2D eigenvalue weighted by atomic mass is 9.47. The van der Waals surface area contributed by atoms with Crippen molar-refractivity contribution in [3.63, 3.8) is 0 Å². The fraction of sp³-hybridized carbons (Fsp3) is 0.500. The third-order valence-electron chi connectivity index (χ3n) is 8.87. The number of nitrogens with one attached hydrogen (secondary N) is 1. The maximum atomic E-state index is 13.6. The second kappa shape index (κ2) is 6.56. The number of phenolic OH excluding ortho intramolecular Hbond substituents is 1. The zero-order valence-corrected chi connectivity index (χ0v) is 18.4. The monoisotopic (exact) mass is 445 g/mol. The lowest BCUT2D eigenvalue weighted by Crippen LogP contribution is -2.81. The molecule has 2 N–H and O–H groups in total. The lowest BCUT2D eigenvalue weighted by Gasteiger charge is -2.65. The Bertz CT molecular complexity index is 1180. The van der Waals surface area contributed by atoms with Crippen LogP contribution >= 0.6 is 0 Å². The molecule has 3 heterocycles. The van der Waals surface area contributed by atoms with Crippen molar-refractivity contribution < 1.29 is 19.4 Å². The number of aromatic hydroxyl groups is 1. The highest BCUT2D eigenvalue weighted by Gasteiger charge is 2.74. The molecule has 2 bridgehead atoms. The van der Waals surface area contributed by atoms with Crippen molar-refractivity contribution in [1.82, 2.24) is 15.2 Å². The van der Waals surface area contributed by atoms with Crippen molar-refractivity contribution in [2.75, 3.05) is 13.1 Å². The van der Waals surface area contributed by atoms with Gasteiger partial charge in [-0.1, -0.05) is 6.07 Å². The summed E-state index contributed by atoms with van der Waals surface area (Å²) in [6.45, 7) is 1.90. The van der Waals surface area contributed by atoms with Gasteiger partial charge >= 0.3 is 0 Å². The normalized spacial score (nSPS) is 33.9. The van der Waals surface area contributed by atoms with E-state index in [0.29, 0.717) is 24.2 Å². The SMILES string of the molecule is O=C(N[C@@]12CCC(=O)[C@@H]3Oc4c(O)ccc5c4[C@@]31CCN(CC1CC1)C2C5)c1cccnc1. The molecular weight excluding hydrogens is 418 g/mol. The number of pyridine rings is 1.